The van der Waals surface area contributed by atoms with Crippen molar-refractivity contribution in [3.05, 3.63) is 67.6 Å². The summed E-state index contributed by atoms with van der Waals surface area (Å²) >= 11 is 5.90. The average Bonchev–Trinajstić information content (AvgIpc) is 3.09. The Bertz CT molecular complexity index is 1240. The predicted octanol–water partition coefficient (Wildman–Crippen LogP) is 1.70. The van der Waals surface area contributed by atoms with Crippen LogP contribution in [0.3, 0.4) is 0 Å². The molecule has 7 nitrogen and oxygen atoms in total. The molecule has 0 fully saturated rings. The molecule has 0 unspecified atom stereocenters. The van der Waals surface area contributed by atoms with Crippen molar-refractivity contribution in [2.75, 3.05) is 0 Å². The normalized spacial score (nSPS) is 11.7. The molecular weight excluding hydrogens is 342 g/mol. The third kappa shape index (κ3) is 2.23. The van der Waals surface area contributed by atoms with Gasteiger partial charge >= 0.3 is 5.69 Å². The molecule has 0 atom stereocenters. The van der Waals surface area contributed by atoms with E-state index in [0.717, 1.165) is 11.3 Å². The molecule has 0 aliphatic heterocycles. The molecular formula is C17H16ClN5O2. The first-order valence-corrected chi connectivity index (χ1v) is 8.14. The Balaban J connectivity index is 2.03. The lowest BCUT2D eigenvalue weighted by Crippen LogP contribution is -2.39. The molecule has 128 valence electrons. The summed E-state index contributed by atoms with van der Waals surface area (Å²) in [6.07, 6.45) is 1.85. The third-order valence-corrected chi connectivity index (χ3v) is 4.81. The van der Waals surface area contributed by atoms with Crippen molar-refractivity contribution in [1.82, 2.24) is 23.1 Å². The second-order valence-corrected chi connectivity index (χ2v) is 6.58. The number of fused-ring (bicyclic) bond motifs is 3. The van der Waals surface area contributed by atoms with Gasteiger partial charge in [-0.05, 0) is 24.6 Å². The van der Waals surface area contributed by atoms with Gasteiger partial charge in [-0.3, -0.25) is 18.3 Å². The van der Waals surface area contributed by atoms with Crippen molar-refractivity contribution in [1.29, 1.82) is 0 Å². The first kappa shape index (κ1) is 15.7. The smallest absolute Gasteiger partial charge is 0.317 e. The number of aromatic nitrogens is 5. The van der Waals surface area contributed by atoms with E-state index >= 15 is 0 Å². The number of imidazole rings is 2. The van der Waals surface area contributed by atoms with Crippen LogP contribution >= 0.6 is 11.6 Å². The molecule has 0 amide bonds. The van der Waals surface area contributed by atoms with Gasteiger partial charge in [0.2, 0.25) is 5.78 Å². The van der Waals surface area contributed by atoms with Crippen LogP contribution in [-0.2, 0) is 20.6 Å². The standard InChI is InChI=1S/C17H16ClN5O2/c1-10-8-22-13-14(19-16(22)20(10)2)21(3)17(25)23(15(13)24)9-11-4-6-12(18)7-5-11/h4-8H,9H2,1-3H3. The van der Waals surface area contributed by atoms with Crippen LogP contribution in [0, 0.1) is 6.92 Å². The zero-order valence-electron chi connectivity index (χ0n) is 14.0. The zero-order valence-corrected chi connectivity index (χ0v) is 14.8. The summed E-state index contributed by atoms with van der Waals surface area (Å²) in [5, 5.41) is 0.608. The molecule has 1 aromatic carbocycles. The van der Waals surface area contributed by atoms with Crippen LogP contribution in [0.15, 0.2) is 40.1 Å². The minimum absolute atomic E-state index is 0.178. The van der Waals surface area contributed by atoms with Crippen LogP contribution in [0.2, 0.25) is 5.02 Å². The molecule has 4 aromatic rings. The average molecular weight is 358 g/mol. The highest BCUT2D eigenvalue weighted by Crippen LogP contribution is 2.15. The largest absolute Gasteiger partial charge is 0.332 e. The van der Waals surface area contributed by atoms with E-state index in [9.17, 15) is 9.59 Å². The van der Waals surface area contributed by atoms with E-state index in [1.165, 1.54) is 9.13 Å². The fraction of sp³-hybridized carbons (Fsp3) is 0.235. The molecule has 0 saturated heterocycles. The molecule has 0 aliphatic carbocycles. The van der Waals surface area contributed by atoms with E-state index in [1.54, 1.807) is 35.7 Å². The molecule has 8 heteroatoms. The monoisotopic (exact) mass is 357 g/mol. The summed E-state index contributed by atoms with van der Waals surface area (Å²) in [6, 6.07) is 7.08. The molecule has 0 spiro atoms. The lowest BCUT2D eigenvalue weighted by atomic mass is 10.2. The molecule has 0 radical (unpaired) electrons. The fourth-order valence-electron chi connectivity index (χ4n) is 3.03. The number of aryl methyl sites for hydroxylation is 3. The Morgan fingerprint density at radius 2 is 1.76 bits per heavy atom. The maximum absolute atomic E-state index is 13.0. The second kappa shape index (κ2) is 5.35. The highest BCUT2D eigenvalue weighted by Gasteiger charge is 2.19. The van der Waals surface area contributed by atoms with Gasteiger partial charge in [0.15, 0.2) is 11.2 Å². The Kier molecular flexibility index (Phi) is 3.36. The van der Waals surface area contributed by atoms with Gasteiger partial charge in [0.1, 0.15) is 0 Å². The van der Waals surface area contributed by atoms with E-state index in [2.05, 4.69) is 4.98 Å². The molecule has 0 aliphatic rings. The van der Waals surface area contributed by atoms with E-state index in [4.69, 9.17) is 11.6 Å². The van der Waals surface area contributed by atoms with Gasteiger partial charge < -0.3 is 4.57 Å². The van der Waals surface area contributed by atoms with Gasteiger partial charge in [0, 0.05) is 31.0 Å². The Hall–Kier alpha value is -2.80. The Morgan fingerprint density at radius 3 is 2.44 bits per heavy atom. The van der Waals surface area contributed by atoms with E-state index in [-0.39, 0.29) is 12.1 Å². The predicted molar refractivity (Wildman–Crippen MR) is 96.5 cm³/mol. The summed E-state index contributed by atoms with van der Waals surface area (Å²) in [7, 11) is 3.50. The first-order chi connectivity index (χ1) is 11.9. The number of halogens is 1. The topological polar surface area (TPSA) is 66.2 Å². The number of hydrogen-bond donors (Lipinski definition) is 0. The van der Waals surface area contributed by atoms with Crippen LogP contribution in [0.4, 0.5) is 0 Å². The highest BCUT2D eigenvalue weighted by atomic mass is 35.5. The van der Waals surface area contributed by atoms with Crippen LogP contribution in [0.25, 0.3) is 16.9 Å². The van der Waals surface area contributed by atoms with E-state index in [0.29, 0.717) is 22.0 Å². The molecule has 0 N–H and O–H groups in total. The van der Waals surface area contributed by atoms with Gasteiger partial charge in [-0.1, -0.05) is 23.7 Å². The molecule has 25 heavy (non-hydrogen) atoms. The summed E-state index contributed by atoms with van der Waals surface area (Å²) in [4.78, 5) is 30.2. The number of nitrogens with zero attached hydrogens (tertiary/aromatic N) is 5. The molecule has 0 bridgehead atoms. The zero-order chi connectivity index (χ0) is 17.9. The summed E-state index contributed by atoms with van der Waals surface area (Å²) in [5.41, 5.74) is 1.83. The van der Waals surface area contributed by atoms with Crippen LogP contribution < -0.4 is 11.2 Å². The number of rotatable bonds is 2. The lowest BCUT2D eigenvalue weighted by Gasteiger charge is -2.08. The van der Waals surface area contributed by atoms with E-state index in [1.807, 2.05) is 24.7 Å². The van der Waals surface area contributed by atoms with Crippen LogP contribution in [0.5, 0.6) is 0 Å². The summed E-state index contributed by atoms with van der Waals surface area (Å²) in [5.74, 6) is 0.629. The molecule has 3 aromatic heterocycles. The summed E-state index contributed by atoms with van der Waals surface area (Å²) in [6.45, 7) is 2.12. The maximum atomic E-state index is 13.0. The van der Waals surface area contributed by atoms with Crippen LogP contribution in [-0.4, -0.2) is 23.1 Å². The molecule has 0 saturated carbocycles. The lowest BCUT2D eigenvalue weighted by molar-refractivity contribution is 0.656. The van der Waals surface area contributed by atoms with E-state index < -0.39 is 5.69 Å². The number of hydrogen-bond acceptors (Lipinski definition) is 3. The minimum Gasteiger partial charge on any atom is -0.317 e. The van der Waals surface area contributed by atoms with Gasteiger partial charge in [-0.15, -0.1) is 0 Å². The van der Waals surface area contributed by atoms with Gasteiger partial charge in [-0.2, -0.15) is 4.98 Å². The quantitative estimate of drug-likeness (QED) is 0.548. The van der Waals surface area contributed by atoms with Crippen molar-refractivity contribution in [2.45, 2.75) is 13.5 Å². The maximum Gasteiger partial charge on any atom is 0.332 e. The van der Waals surface area contributed by atoms with Crippen molar-refractivity contribution in [3.8, 4) is 0 Å². The van der Waals surface area contributed by atoms with Crippen molar-refractivity contribution in [2.24, 2.45) is 14.1 Å². The van der Waals surface area contributed by atoms with Gasteiger partial charge in [-0.25, -0.2) is 4.79 Å². The molecule has 4 rings (SSSR count). The fourth-order valence-corrected chi connectivity index (χ4v) is 3.16. The Labute approximate surface area is 147 Å². The Morgan fingerprint density at radius 1 is 1.08 bits per heavy atom. The van der Waals surface area contributed by atoms with Crippen molar-refractivity contribution >= 4 is 28.5 Å². The SMILES string of the molecule is Cc1cn2c3c(=O)n(Cc4ccc(Cl)cc4)c(=O)n(C)c3nc2n1C. The van der Waals surface area contributed by atoms with Gasteiger partial charge in [0.05, 0.1) is 6.54 Å². The summed E-state index contributed by atoms with van der Waals surface area (Å²) < 4.78 is 6.26. The minimum atomic E-state index is -0.396. The van der Waals surface area contributed by atoms with Crippen molar-refractivity contribution in [3.63, 3.8) is 0 Å². The first-order valence-electron chi connectivity index (χ1n) is 7.77. The highest BCUT2D eigenvalue weighted by molar-refractivity contribution is 6.30. The van der Waals surface area contributed by atoms with Crippen LogP contribution in [0.1, 0.15) is 11.3 Å². The van der Waals surface area contributed by atoms with Gasteiger partial charge in [0.25, 0.3) is 5.56 Å². The van der Waals surface area contributed by atoms with Crippen molar-refractivity contribution < 1.29 is 0 Å². The molecule has 3 heterocycles. The number of benzene rings is 1. The third-order valence-electron chi connectivity index (χ3n) is 4.56. The second-order valence-electron chi connectivity index (χ2n) is 6.14.